The van der Waals surface area contributed by atoms with Gasteiger partial charge in [-0.1, -0.05) is 32.1 Å². The Morgan fingerprint density at radius 2 is 1.46 bits per heavy atom. The summed E-state index contributed by atoms with van der Waals surface area (Å²) < 4.78 is 0. The topological polar surface area (TPSA) is 44.0 Å². The second-order valence-corrected chi connectivity index (χ2v) is 4.50. The summed E-state index contributed by atoms with van der Waals surface area (Å²) >= 11 is 0. The van der Waals surface area contributed by atoms with Crippen LogP contribution in [0.25, 0.3) is 0 Å². The van der Waals surface area contributed by atoms with E-state index in [1.165, 1.54) is 32.1 Å². The van der Waals surface area contributed by atoms with Crippen LogP contribution in [0.1, 0.15) is 44.9 Å². The highest BCUT2D eigenvalue weighted by Gasteiger charge is 2.63. The van der Waals surface area contributed by atoms with Crippen LogP contribution in [-0.2, 0) is 0 Å². The van der Waals surface area contributed by atoms with Crippen molar-refractivity contribution in [2.75, 3.05) is 0 Å². The van der Waals surface area contributed by atoms with Gasteiger partial charge in [0.1, 0.15) is 0 Å². The molecule has 0 aromatic rings. The highest BCUT2D eigenvalue weighted by molar-refractivity contribution is 5.23. The summed E-state index contributed by atoms with van der Waals surface area (Å²) in [4.78, 5) is 0. The molecular weight excluding hydrogens is 162 g/mol. The number of hydrogen-bond donors (Lipinski definition) is 1. The van der Waals surface area contributed by atoms with E-state index in [1.54, 1.807) is 0 Å². The first-order chi connectivity index (χ1) is 6.29. The lowest BCUT2D eigenvalue weighted by atomic mass is 10.1. The zero-order chi connectivity index (χ0) is 9.31. The number of fused-ring (bicyclic) bond motifs is 1. The minimum absolute atomic E-state index is 0.301. The van der Waals surface area contributed by atoms with Crippen molar-refractivity contribution in [3.63, 3.8) is 0 Å². The van der Waals surface area contributed by atoms with Crippen LogP contribution in [0.4, 0.5) is 0 Å². The number of nitriles is 1. The first kappa shape index (κ1) is 9.02. The van der Waals surface area contributed by atoms with Gasteiger partial charge >= 0.3 is 0 Å². The van der Waals surface area contributed by atoms with E-state index in [9.17, 15) is 5.11 Å². The van der Waals surface area contributed by atoms with Crippen LogP contribution in [-0.4, -0.2) is 10.7 Å². The summed E-state index contributed by atoms with van der Waals surface area (Å²) in [6, 6.07) is 2.09. The molecule has 0 aliphatic heterocycles. The van der Waals surface area contributed by atoms with Crippen molar-refractivity contribution >= 4 is 0 Å². The minimum atomic E-state index is -0.933. The van der Waals surface area contributed by atoms with Crippen molar-refractivity contribution in [3.05, 3.63) is 0 Å². The van der Waals surface area contributed by atoms with Crippen LogP contribution in [0.2, 0.25) is 0 Å². The second-order valence-electron chi connectivity index (χ2n) is 4.50. The molecule has 72 valence electrons. The lowest BCUT2D eigenvalue weighted by Gasteiger charge is -2.02. The van der Waals surface area contributed by atoms with Gasteiger partial charge in [-0.25, -0.2) is 0 Å². The second kappa shape index (κ2) is 3.31. The Morgan fingerprint density at radius 3 is 1.92 bits per heavy atom. The van der Waals surface area contributed by atoms with Gasteiger partial charge in [0.25, 0.3) is 0 Å². The van der Waals surface area contributed by atoms with Gasteiger partial charge in [-0.15, -0.1) is 0 Å². The summed E-state index contributed by atoms with van der Waals surface area (Å²) in [6.45, 7) is 0. The first-order valence-electron chi connectivity index (χ1n) is 5.42. The molecular formula is C11H17NO. The maximum absolute atomic E-state index is 9.88. The summed E-state index contributed by atoms with van der Waals surface area (Å²) in [5, 5.41) is 18.7. The van der Waals surface area contributed by atoms with Gasteiger partial charge in [-0.05, 0) is 12.8 Å². The maximum Gasteiger partial charge on any atom is 0.157 e. The van der Waals surface area contributed by atoms with Crippen LogP contribution in [0.15, 0.2) is 0 Å². The highest BCUT2D eigenvalue weighted by Crippen LogP contribution is 2.55. The van der Waals surface area contributed by atoms with Crippen LogP contribution >= 0.6 is 0 Å². The molecule has 2 fully saturated rings. The molecule has 2 nitrogen and oxygen atoms in total. The van der Waals surface area contributed by atoms with Crippen molar-refractivity contribution in [2.24, 2.45) is 11.8 Å². The molecule has 13 heavy (non-hydrogen) atoms. The zero-order valence-corrected chi connectivity index (χ0v) is 8.00. The Kier molecular flexibility index (Phi) is 2.29. The predicted octanol–water partition coefficient (Wildman–Crippen LogP) is 2.23. The van der Waals surface area contributed by atoms with Crippen LogP contribution < -0.4 is 0 Å². The molecule has 0 bridgehead atoms. The summed E-state index contributed by atoms with van der Waals surface area (Å²) in [5.74, 6) is 0.603. The fraction of sp³-hybridized carbons (Fsp3) is 0.909. The Hall–Kier alpha value is -0.550. The van der Waals surface area contributed by atoms with E-state index >= 15 is 0 Å². The monoisotopic (exact) mass is 179 g/mol. The van der Waals surface area contributed by atoms with Gasteiger partial charge in [0.2, 0.25) is 0 Å². The molecule has 0 saturated heterocycles. The summed E-state index contributed by atoms with van der Waals surface area (Å²) in [6.07, 6.45) is 8.43. The third-order valence-corrected chi connectivity index (χ3v) is 3.72. The Labute approximate surface area is 79.6 Å². The molecule has 0 aromatic carbocycles. The molecule has 0 heterocycles. The van der Waals surface area contributed by atoms with E-state index in [4.69, 9.17) is 5.26 Å². The molecule has 2 aliphatic rings. The average molecular weight is 179 g/mol. The molecule has 2 atom stereocenters. The van der Waals surface area contributed by atoms with Gasteiger partial charge < -0.3 is 5.11 Å². The summed E-state index contributed by atoms with van der Waals surface area (Å²) in [7, 11) is 0. The molecule has 2 unspecified atom stereocenters. The smallest absolute Gasteiger partial charge is 0.157 e. The van der Waals surface area contributed by atoms with Crippen molar-refractivity contribution in [1.29, 1.82) is 5.26 Å². The number of aliphatic hydroxyl groups is 1. The van der Waals surface area contributed by atoms with E-state index < -0.39 is 5.60 Å². The van der Waals surface area contributed by atoms with Gasteiger partial charge in [0.15, 0.2) is 5.60 Å². The van der Waals surface area contributed by atoms with E-state index in [0.717, 1.165) is 12.8 Å². The average Bonchev–Trinajstić information content (AvgIpc) is 2.68. The van der Waals surface area contributed by atoms with Crippen LogP contribution in [0.3, 0.4) is 0 Å². The van der Waals surface area contributed by atoms with Crippen LogP contribution in [0.5, 0.6) is 0 Å². The van der Waals surface area contributed by atoms with E-state index in [0.29, 0.717) is 11.8 Å². The van der Waals surface area contributed by atoms with Crippen LogP contribution in [0, 0.1) is 23.2 Å². The molecule has 0 spiro atoms. The van der Waals surface area contributed by atoms with Crippen molar-refractivity contribution < 1.29 is 5.11 Å². The SMILES string of the molecule is N#CC1(O)C2CCCCCCCC21. The van der Waals surface area contributed by atoms with E-state index in [1.807, 2.05) is 0 Å². The quantitative estimate of drug-likeness (QED) is 0.579. The minimum Gasteiger partial charge on any atom is -0.375 e. The van der Waals surface area contributed by atoms with E-state index in [2.05, 4.69) is 6.07 Å². The molecule has 0 aromatic heterocycles. The third kappa shape index (κ3) is 1.46. The third-order valence-electron chi connectivity index (χ3n) is 3.72. The Balaban J connectivity index is 1.98. The molecule has 2 rings (SSSR count). The Morgan fingerprint density at radius 1 is 1.00 bits per heavy atom. The van der Waals surface area contributed by atoms with Crippen molar-refractivity contribution in [3.8, 4) is 6.07 Å². The number of nitrogens with zero attached hydrogens (tertiary/aromatic N) is 1. The fourth-order valence-corrected chi connectivity index (χ4v) is 2.79. The maximum atomic E-state index is 9.88. The van der Waals surface area contributed by atoms with Gasteiger partial charge in [-0.3, -0.25) is 0 Å². The van der Waals surface area contributed by atoms with Gasteiger partial charge in [0.05, 0.1) is 6.07 Å². The standard InChI is InChI=1S/C11H17NO/c12-8-11(13)9-6-4-2-1-3-5-7-10(9)11/h9-10,13H,1-7H2. The predicted molar refractivity (Wildman–Crippen MR) is 49.9 cm³/mol. The molecule has 2 saturated carbocycles. The lowest BCUT2D eigenvalue weighted by Crippen LogP contribution is -2.09. The Bertz CT molecular complexity index is 217. The molecule has 1 N–H and O–H groups in total. The lowest BCUT2D eigenvalue weighted by molar-refractivity contribution is 0.171. The van der Waals surface area contributed by atoms with Gasteiger partial charge in [0, 0.05) is 11.8 Å². The number of hydrogen-bond acceptors (Lipinski definition) is 2. The van der Waals surface area contributed by atoms with Crippen molar-refractivity contribution in [2.45, 2.75) is 50.5 Å². The molecule has 0 radical (unpaired) electrons. The first-order valence-corrected chi connectivity index (χ1v) is 5.42. The molecule has 2 aliphatic carbocycles. The van der Waals surface area contributed by atoms with Crippen molar-refractivity contribution in [1.82, 2.24) is 0 Å². The summed E-state index contributed by atoms with van der Waals surface area (Å²) in [5.41, 5.74) is -0.933. The normalized spacial score (nSPS) is 44.9. The molecule has 0 amide bonds. The number of rotatable bonds is 0. The highest BCUT2D eigenvalue weighted by atomic mass is 16.3. The van der Waals surface area contributed by atoms with E-state index in [-0.39, 0.29) is 0 Å². The molecule has 2 heteroatoms. The zero-order valence-electron chi connectivity index (χ0n) is 8.00. The largest absolute Gasteiger partial charge is 0.375 e. The van der Waals surface area contributed by atoms with Gasteiger partial charge in [-0.2, -0.15) is 5.26 Å². The fourth-order valence-electron chi connectivity index (χ4n) is 2.79.